The summed E-state index contributed by atoms with van der Waals surface area (Å²) in [5.74, 6) is 1.78. The van der Waals surface area contributed by atoms with E-state index in [0.717, 1.165) is 38.5 Å². The van der Waals surface area contributed by atoms with Crippen molar-refractivity contribution >= 4 is 33.1 Å². The van der Waals surface area contributed by atoms with Gasteiger partial charge in [-0.25, -0.2) is 14.5 Å². The molecule has 0 radical (unpaired) electrons. The van der Waals surface area contributed by atoms with Crippen molar-refractivity contribution in [2.24, 2.45) is 0 Å². The summed E-state index contributed by atoms with van der Waals surface area (Å²) in [4.78, 5) is 25.8. The molecule has 0 bridgehead atoms. The summed E-state index contributed by atoms with van der Waals surface area (Å²) in [6, 6.07) is 10.6. The third-order valence-corrected chi connectivity index (χ3v) is 7.07. The topological polar surface area (TPSA) is 63.4 Å². The summed E-state index contributed by atoms with van der Waals surface area (Å²) in [5, 5.41) is 5.66. The van der Waals surface area contributed by atoms with Crippen molar-refractivity contribution in [1.82, 2.24) is 24.5 Å². The zero-order chi connectivity index (χ0) is 20.1. The Morgan fingerprint density at radius 2 is 1.97 bits per heavy atom. The average Bonchev–Trinajstić information content (AvgIpc) is 3.31. The highest BCUT2D eigenvalue weighted by atomic mass is 32.1. The van der Waals surface area contributed by atoms with Crippen molar-refractivity contribution in [3.63, 3.8) is 0 Å². The van der Waals surface area contributed by atoms with Crippen molar-refractivity contribution in [1.29, 1.82) is 0 Å². The smallest absolute Gasteiger partial charge is 0.264 e. The van der Waals surface area contributed by atoms with Gasteiger partial charge in [0.1, 0.15) is 11.2 Å². The van der Waals surface area contributed by atoms with Crippen LogP contribution in [0.5, 0.6) is 0 Å². The minimum Gasteiger partial charge on any atom is -0.338 e. The van der Waals surface area contributed by atoms with E-state index in [9.17, 15) is 4.79 Å². The van der Waals surface area contributed by atoms with E-state index < -0.39 is 0 Å². The van der Waals surface area contributed by atoms with E-state index in [0.29, 0.717) is 24.9 Å². The van der Waals surface area contributed by atoms with E-state index in [-0.39, 0.29) is 5.91 Å². The van der Waals surface area contributed by atoms with Crippen molar-refractivity contribution in [2.75, 3.05) is 13.1 Å². The monoisotopic (exact) mass is 405 g/mol. The Labute approximate surface area is 173 Å². The third-order valence-electron chi connectivity index (χ3n) is 5.88. The lowest BCUT2D eigenvalue weighted by atomic mass is 10.1. The molecule has 0 N–H and O–H groups in total. The molecule has 0 saturated heterocycles. The Bertz CT molecular complexity index is 1210. The Morgan fingerprint density at radius 3 is 2.69 bits per heavy atom. The lowest BCUT2D eigenvalue weighted by Crippen LogP contribution is -2.30. The number of benzene rings is 1. The van der Waals surface area contributed by atoms with E-state index in [1.54, 1.807) is 10.8 Å². The van der Waals surface area contributed by atoms with Gasteiger partial charge in [0, 0.05) is 19.0 Å². The molecule has 148 valence electrons. The normalized spacial score (nSPS) is 18.4. The second-order valence-electron chi connectivity index (χ2n) is 7.56. The number of amides is 1. The molecule has 1 aliphatic carbocycles. The van der Waals surface area contributed by atoms with Gasteiger partial charge in [-0.15, -0.1) is 16.4 Å². The minimum absolute atomic E-state index is 0.0692. The predicted molar refractivity (Wildman–Crippen MR) is 115 cm³/mol. The summed E-state index contributed by atoms with van der Waals surface area (Å²) < 4.78 is 1.77. The number of carbonyl (C=O) groups excluding carboxylic acids is 1. The summed E-state index contributed by atoms with van der Waals surface area (Å²) >= 11 is 1.45. The van der Waals surface area contributed by atoms with Gasteiger partial charge in [0.05, 0.1) is 10.3 Å². The maximum absolute atomic E-state index is 12.9. The standard InChI is InChI=1S/C22H23N5OS/c1-4-26(5-2)22(28)18-13(3)17-20-24-19(25-27(20)12-23-21(17)29-18)16-11-15(16)14-9-7-6-8-10-14/h6-10,12,15-16H,4-5,11H2,1-3H3. The van der Waals surface area contributed by atoms with Crippen LogP contribution in [0.15, 0.2) is 36.7 Å². The zero-order valence-corrected chi connectivity index (χ0v) is 17.6. The van der Waals surface area contributed by atoms with Gasteiger partial charge in [-0.3, -0.25) is 4.79 Å². The molecule has 0 spiro atoms. The molecule has 5 rings (SSSR count). The third kappa shape index (κ3) is 2.92. The van der Waals surface area contributed by atoms with Gasteiger partial charge in [0.2, 0.25) is 0 Å². The highest BCUT2D eigenvalue weighted by Crippen LogP contribution is 2.53. The summed E-state index contributed by atoms with van der Waals surface area (Å²) in [6.45, 7) is 7.40. The van der Waals surface area contributed by atoms with E-state index in [2.05, 4.69) is 29.2 Å². The summed E-state index contributed by atoms with van der Waals surface area (Å²) in [7, 11) is 0. The maximum atomic E-state index is 12.9. The number of rotatable bonds is 5. The van der Waals surface area contributed by atoms with E-state index in [1.807, 2.05) is 31.7 Å². The highest BCUT2D eigenvalue weighted by Gasteiger charge is 2.42. The molecule has 0 aliphatic heterocycles. The van der Waals surface area contributed by atoms with Gasteiger partial charge in [-0.05, 0) is 44.2 Å². The first-order valence-corrected chi connectivity index (χ1v) is 10.9. The van der Waals surface area contributed by atoms with Crippen LogP contribution in [-0.4, -0.2) is 43.5 Å². The fraction of sp³-hybridized carbons (Fsp3) is 0.364. The van der Waals surface area contributed by atoms with Gasteiger partial charge in [0.15, 0.2) is 11.5 Å². The molecule has 1 aromatic carbocycles. The SMILES string of the molecule is CCN(CC)C(=O)c1sc2ncn3nc(C4CC4c4ccccc4)nc3c2c1C. The maximum Gasteiger partial charge on any atom is 0.264 e. The predicted octanol–water partition coefficient (Wildman–Crippen LogP) is 4.40. The number of aryl methyl sites for hydroxylation is 1. The fourth-order valence-electron chi connectivity index (χ4n) is 4.11. The molecule has 2 atom stereocenters. The first-order chi connectivity index (χ1) is 14.1. The Balaban J connectivity index is 1.55. The Hall–Kier alpha value is -2.80. The zero-order valence-electron chi connectivity index (χ0n) is 16.8. The number of aromatic nitrogens is 4. The van der Waals surface area contributed by atoms with E-state index >= 15 is 0 Å². The molecule has 7 heteroatoms. The Morgan fingerprint density at radius 1 is 1.21 bits per heavy atom. The summed E-state index contributed by atoms with van der Waals surface area (Å²) in [5.41, 5.74) is 3.10. The van der Waals surface area contributed by atoms with Crippen LogP contribution in [-0.2, 0) is 0 Å². The lowest BCUT2D eigenvalue weighted by Gasteiger charge is -2.17. The van der Waals surface area contributed by atoms with Crippen LogP contribution in [0.4, 0.5) is 0 Å². The van der Waals surface area contributed by atoms with Crippen LogP contribution in [0.25, 0.3) is 15.9 Å². The van der Waals surface area contributed by atoms with Crippen molar-refractivity contribution < 1.29 is 4.79 Å². The van der Waals surface area contributed by atoms with Crippen LogP contribution < -0.4 is 0 Å². The first-order valence-electron chi connectivity index (χ1n) is 10.1. The lowest BCUT2D eigenvalue weighted by molar-refractivity contribution is 0.0777. The number of thiophene rings is 1. The van der Waals surface area contributed by atoms with E-state index in [1.165, 1.54) is 16.9 Å². The molecule has 1 fully saturated rings. The van der Waals surface area contributed by atoms with Crippen molar-refractivity contribution in [3.05, 3.63) is 58.5 Å². The molecule has 3 aromatic heterocycles. The number of fused-ring (bicyclic) bond motifs is 3. The quantitative estimate of drug-likeness (QED) is 0.494. The molecule has 29 heavy (non-hydrogen) atoms. The van der Waals surface area contributed by atoms with Crippen molar-refractivity contribution in [3.8, 4) is 0 Å². The van der Waals surface area contributed by atoms with Gasteiger partial charge < -0.3 is 4.90 Å². The van der Waals surface area contributed by atoms with Gasteiger partial charge in [0.25, 0.3) is 5.91 Å². The van der Waals surface area contributed by atoms with Gasteiger partial charge in [-0.1, -0.05) is 30.3 Å². The molecule has 1 saturated carbocycles. The Kier molecular flexibility index (Phi) is 4.35. The molecule has 1 amide bonds. The van der Waals surface area contributed by atoms with Gasteiger partial charge in [-0.2, -0.15) is 0 Å². The van der Waals surface area contributed by atoms with Crippen LogP contribution in [0, 0.1) is 6.92 Å². The number of hydrogen-bond acceptors (Lipinski definition) is 5. The van der Waals surface area contributed by atoms with E-state index in [4.69, 9.17) is 10.1 Å². The fourth-order valence-corrected chi connectivity index (χ4v) is 5.23. The first kappa shape index (κ1) is 18.2. The molecular weight excluding hydrogens is 382 g/mol. The molecule has 4 aromatic rings. The molecule has 1 aliphatic rings. The number of hydrogen-bond donors (Lipinski definition) is 0. The highest BCUT2D eigenvalue weighted by molar-refractivity contribution is 7.20. The molecule has 2 unspecified atom stereocenters. The van der Waals surface area contributed by atoms with Crippen LogP contribution in [0.2, 0.25) is 0 Å². The molecular formula is C22H23N5OS. The van der Waals surface area contributed by atoms with Crippen LogP contribution >= 0.6 is 11.3 Å². The number of carbonyl (C=O) groups is 1. The summed E-state index contributed by atoms with van der Waals surface area (Å²) in [6.07, 6.45) is 2.79. The molecule has 3 heterocycles. The van der Waals surface area contributed by atoms with Gasteiger partial charge >= 0.3 is 0 Å². The second-order valence-corrected chi connectivity index (χ2v) is 8.55. The van der Waals surface area contributed by atoms with Crippen LogP contribution in [0.1, 0.15) is 58.7 Å². The van der Waals surface area contributed by atoms with Crippen LogP contribution in [0.3, 0.4) is 0 Å². The molecule has 6 nitrogen and oxygen atoms in total. The second kappa shape index (κ2) is 6.91. The number of nitrogens with zero attached hydrogens (tertiary/aromatic N) is 5. The minimum atomic E-state index is 0.0692. The largest absolute Gasteiger partial charge is 0.338 e. The van der Waals surface area contributed by atoms with Crippen molar-refractivity contribution in [2.45, 2.75) is 39.0 Å². The average molecular weight is 406 g/mol.